The number of fused-ring (bicyclic) bond motifs is 1. The number of aryl methyl sites for hydroxylation is 1. The minimum absolute atomic E-state index is 0.0818. The number of rotatable bonds is 4. The van der Waals surface area contributed by atoms with E-state index >= 15 is 0 Å². The van der Waals surface area contributed by atoms with E-state index in [-0.39, 0.29) is 28.6 Å². The van der Waals surface area contributed by atoms with Gasteiger partial charge in [-0.1, -0.05) is 12.1 Å². The Labute approximate surface area is 164 Å². The number of carbonyl (C=O) groups excluding carboxylic acids is 1. The third-order valence-corrected chi connectivity index (χ3v) is 4.30. The zero-order valence-corrected chi connectivity index (χ0v) is 15.5. The molecule has 0 unspecified atom stereocenters. The van der Waals surface area contributed by atoms with E-state index < -0.39 is 11.7 Å². The molecule has 3 aromatic heterocycles. The van der Waals surface area contributed by atoms with Crippen LogP contribution in [0, 0.1) is 12.7 Å². The fourth-order valence-electron chi connectivity index (χ4n) is 2.94. The van der Waals surface area contributed by atoms with Crippen molar-refractivity contribution in [3.8, 4) is 17.3 Å². The monoisotopic (exact) mass is 394 g/mol. The first kappa shape index (κ1) is 18.5. The number of hydrogen-bond donors (Lipinski definition) is 1. The Morgan fingerprint density at radius 2 is 1.97 bits per heavy atom. The molecule has 0 aliphatic rings. The van der Waals surface area contributed by atoms with Crippen molar-refractivity contribution in [3.63, 3.8) is 0 Å². The van der Waals surface area contributed by atoms with Gasteiger partial charge in [0.1, 0.15) is 17.0 Å². The number of pyridine rings is 2. The molecule has 3 heterocycles. The van der Waals surface area contributed by atoms with Crippen LogP contribution in [0.25, 0.3) is 22.5 Å². The fourth-order valence-corrected chi connectivity index (χ4v) is 2.94. The van der Waals surface area contributed by atoms with E-state index in [0.717, 1.165) is 11.1 Å². The normalized spacial score (nSPS) is 11.0. The van der Waals surface area contributed by atoms with Crippen LogP contribution >= 0.6 is 0 Å². The fraction of sp³-hybridized carbons (Fsp3) is 0.150. The van der Waals surface area contributed by atoms with Crippen LogP contribution in [0.3, 0.4) is 0 Å². The SMILES string of the molecule is COC(=O)c1nc(-c2nnc(C)o2)c2cc(Cc3ccc(F)cc3)cnc2c1O. The summed E-state index contributed by atoms with van der Waals surface area (Å²) in [7, 11) is 1.18. The summed E-state index contributed by atoms with van der Waals surface area (Å²) >= 11 is 0. The van der Waals surface area contributed by atoms with Crippen LogP contribution in [-0.2, 0) is 11.2 Å². The average Bonchev–Trinajstić information content (AvgIpc) is 3.15. The number of ether oxygens (including phenoxy) is 1. The number of aromatic nitrogens is 4. The molecule has 9 heteroatoms. The minimum atomic E-state index is -0.820. The maximum atomic E-state index is 13.1. The van der Waals surface area contributed by atoms with Gasteiger partial charge in [0.25, 0.3) is 5.89 Å². The van der Waals surface area contributed by atoms with Crippen LogP contribution in [0.2, 0.25) is 0 Å². The van der Waals surface area contributed by atoms with E-state index in [4.69, 9.17) is 4.42 Å². The van der Waals surface area contributed by atoms with Gasteiger partial charge < -0.3 is 14.3 Å². The lowest BCUT2D eigenvalue weighted by atomic mass is 10.0. The van der Waals surface area contributed by atoms with Crippen molar-refractivity contribution in [3.05, 3.63) is 65.1 Å². The van der Waals surface area contributed by atoms with Crippen molar-refractivity contribution in [1.82, 2.24) is 20.2 Å². The molecular formula is C20H15FN4O4. The van der Waals surface area contributed by atoms with Gasteiger partial charge in [0, 0.05) is 18.5 Å². The van der Waals surface area contributed by atoms with Gasteiger partial charge in [-0.05, 0) is 35.7 Å². The van der Waals surface area contributed by atoms with Gasteiger partial charge in [0.2, 0.25) is 5.89 Å². The van der Waals surface area contributed by atoms with Gasteiger partial charge in [0.05, 0.1) is 7.11 Å². The molecule has 0 amide bonds. The molecule has 1 aromatic carbocycles. The summed E-state index contributed by atoms with van der Waals surface area (Å²) in [6, 6.07) is 7.88. The topological polar surface area (TPSA) is 111 Å². The molecule has 1 N–H and O–H groups in total. The molecule has 0 aliphatic carbocycles. The predicted molar refractivity (Wildman–Crippen MR) is 99.8 cm³/mol. The van der Waals surface area contributed by atoms with E-state index in [0.29, 0.717) is 17.7 Å². The molecule has 0 spiro atoms. The van der Waals surface area contributed by atoms with Crippen LogP contribution in [0.5, 0.6) is 5.75 Å². The van der Waals surface area contributed by atoms with E-state index in [1.165, 1.54) is 19.2 Å². The zero-order chi connectivity index (χ0) is 20.5. The highest BCUT2D eigenvalue weighted by molar-refractivity contribution is 6.02. The number of aromatic hydroxyl groups is 1. The van der Waals surface area contributed by atoms with Crippen LogP contribution in [0.4, 0.5) is 4.39 Å². The molecule has 0 radical (unpaired) electrons. The quantitative estimate of drug-likeness (QED) is 0.525. The molecule has 0 saturated heterocycles. The molecule has 146 valence electrons. The lowest BCUT2D eigenvalue weighted by molar-refractivity contribution is 0.0591. The van der Waals surface area contributed by atoms with Gasteiger partial charge in [0.15, 0.2) is 11.4 Å². The number of methoxy groups -OCH3 is 1. The second kappa shape index (κ2) is 7.27. The standard InChI is InChI=1S/C20H15FN4O4/c1-10-24-25-19(29-10)16-14-8-12(7-11-3-5-13(21)6-4-11)9-22-15(14)18(26)17(23-16)20(27)28-2/h3-6,8-9,26H,7H2,1-2H3. The third kappa shape index (κ3) is 3.49. The summed E-state index contributed by atoms with van der Waals surface area (Å²) < 4.78 is 23.3. The van der Waals surface area contributed by atoms with Crippen molar-refractivity contribution < 1.29 is 23.4 Å². The number of halogens is 1. The Bertz CT molecular complexity index is 1220. The first-order valence-corrected chi connectivity index (χ1v) is 8.61. The second-order valence-corrected chi connectivity index (χ2v) is 6.32. The van der Waals surface area contributed by atoms with Crippen LogP contribution < -0.4 is 0 Å². The number of carbonyl (C=O) groups is 1. The lowest BCUT2D eigenvalue weighted by Gasteiger charge is -2.10. The Morgan fingerprint density at radius 1 is 1.21 bits per heavy atom. The molecule has 0 aliphatic heterocycles. The first-order chi connectivity index (χ1) is 14.0. The smallest absolute Gasteiger partial charge is 0.360 e. The van der Waals surface area contributed by atoms with Crippen LogP contribution in [-0.4, -0.2) is 38.4 Å². The predicted octanol–water partition coefficient (Wildman–Crippen LogP) is 3.21. The van der Waals surface area contributed by atoms with Crippen LogP contribution in [0.15, 0.2) is 40.9 Å². The van der Waals surface area contributed by atoms with E-state index in [2.05, 4.69) is 24.9 Å². The number of benzene rings is 1. The highest BCUT2D eigenvalue weighted by atomic mass is 19.1. The molecular weight excluding hydrogens is 379 g/mol. The third-order valence-electron chi connectivity index (χ3n) is 4.30. The van der Waals surface area contributed by atoms with Crippen molar-refractivity contribution in [2.45, 2.75) is 13.3 Å². The Hall–Kier alpha value is -3.88. The van der Waals surface area contributed by atoms with Gasteiger partial charge >= 0.3 is 5.97 Å². The molecule has 4 rings (SSSR count). The second-order valence-electron chi connectivity index (χ2n) is 6.32. The van der Waals surface area contributed by atoms with Gasteiger partial charge in [-0.15, -0.1) is 10.2 Å². The maximum Gasteiger partial charge on any atom is 0.360 e. The van der Waals surface area contributed by atoms with E-state index in [1.807, 2.05) is 0 Å². The van der Waals surface area contributed by atoms with Crippen molar-refractivity contribution >= 4 is 16.9 Å². The average molecular weight is 394 g/mol. The van der Waals surface area contributed by atoms with Gasteiger partial charge in [-0.3, -0.25) is 4.98 Å². The molecule has 0 saturated carbocycles. The van der Waals surface area contributed by atoms with Crippen molar-refractivity contribution in [2.24, 2.45) is 0 Å². The summed E-state index contributed by atoms with van der Waals surface area (Å²) in [5.74, 6) is -1.14. The summed E-state index contributed by atoms with van der Waals surface area (Å²) in [4.78, 5) is 20.5. The van der Waals surface area contributed by atoms with E-state index in [9.17, 15) is 14.3 Å². The Balaban J connectivity index is 1.89. The van der Waals surface area contributed by atoms with E-state index in [1.54, 1.807) is 31.3 Å². The number of esters is 1. The summed E-state index contributed by atoms with van der Waals surface area (Å²) in [5.41, 5.74) is 1.71. The summed E-state index contributed by atoms with van der Waals surface area (Å²) in [5, 5.41) is 18.7. The molecule has 0 fully saturated rings. The Kier molecular flexibility index (Phi) is 4.63. The largest absolute Gasteiger partial charge is 0.504 e. The molecule has 4 aromatic rings. The molecule has 0 atom stereocenters. The Morgan fingerprint density at radius 3 is 2.62 bits per heavy atom. The number of nitrogens with zero attached hydrogens (tertiary/aromatic N) is 4. The summed E-state index contributed by atoms with van der Waals surface area (Å²) in [6.07, 6.45) is 2.04. The zero-order valence-electron chi connectivity index (χ0n) is 15.5. The minimum Gasteiger partial charge on any atom is -0.504 e. The van der Waals surface area contributed by atoms with Crippen molar-refractivity contribution in [2.75, 3.05) is 7.11 Å². The molecule has 29 heavy (non-hydrogen) atoms. The number of hydrogen-bond acceptors (Lipinski definition) is 8. The first-order valence-electron chi connectivity index (χ1n) is 8.61. The highest BCUT2D eigenvalue weighted by Gasteiger charge is 2.24. The summed E-state index contributed by atoms with van der Waals surface area (Å²) in [6.45, 7) is 1.62. The van der Waals surface area contributed by atoms with Crippen molar-refractivity contribution in [1.29, 1.82) is 0 Å². The highest BCUT2D eigenvalue weighted by Crippen LogP contribution is 2.34. The molecule has 0 bridgehead atoms. The van der Waals surface area contributed by atoms with Crippen LogP contribution in [0.1, 0.15) is 27.5 Å². The maximum absolute atomic E-state index is 13.1. The molecule has 8 nitrogen and oxygen atoms in total. The van der Waals surface area contributed by atoms with Gasteiger partial charge in [-0.25, -0.2) is 14.2 Å². The lowest BCUT2D eigenvalue weighted by Crippen LogP contribution is -2.07. The van der Waals surface area contributed by atoms with Gasteiger partial charge in [-0.2, -0.15) is 0 Å².